The van der Waals surface area contributed by atoms with Gasteiger partial charge in [-0.05, 0) is 103 Å². The van der Waals surface area contributed by atoms with Crippen LogP contribution >= 0.6 is 0 Å². The van der Waals surface area contributed by atoms with Crippen LogP contribution in [-0.2, 0) is 14.3 Å². The van der Waals surface area contributed by atoms with E-state index in [9.17, 15) is 19.8 Å². The lowest BCUT2D eigenvalue weighted by Crippen LogP contribution is -2.46. The third kappa shape index (κ3) is 48.5. The number of carbonyl (C=O) groups excluding carboxylic acids is 2. The van der Waals surface area contributed by atoms with Crippen LogP contribution in [0.25, 0.3) is 0 Å². The zero-order valence-corrected chi connectivity index (χ0v) is 43.7. The lowest BCUT2D eigenvalue weighted by Gasteiger charge is -2.24. The maximum absolute atomic E-state index is 13.2. The van der Waals surface area contributed by atoms with E-state index in [1.807, 2.05) is 6.08 Å². The van der Waals surface area contributed by atoms with Gasteiger partial charge in [0.15, 0.2) is 0 Å². The normalized spacial score (nSPS) is 14.2. The minimum atomic E-state index is -0.825. The number of ether oxygens (including phenoxy) is 1. The number of nitrogens with one attached hydrogen (secondary N) is 1. The average molecular weight is 940 g/mol. The summed E-state index contributed by atoms with van der Waals surface area (Å²) in [4.78, 5) is 26.2. The van der Waals surface area contributed by atoms with E-state index in [1.165, 1.54) is 64.2 Å². The first-order chi connectivity index (χ1) is 33.5. The predicted molar refractivity (Wildman–Crippen MR) is 296 cm³/mol. The second-order valence-electron chi connectivity index (χ2n) is 17.9. The quantitative estimate of drug-likeness (QED) is 0.0321. The Morgan fingerprint density at radius 3 is 1.18 bits per heavy atom. The predicted octanol–water partition coefficient (Wildman–Crippen LogP) is 17.0. The first-order valence-corrected chi connectivity index (χ1v) is 27.4. The Morgan fingerprint density at radius 1 is 0.441 bits per heavy atom. The molecule has 0 fully saturated rings. The van der Waals surface area contributed by atoms with Gasteiger partial charge in [0.25, 0.3) is 0 Å². The van der Waals surface area contributed by atoms with Crippen molar-refractivity contribution in [3.63, 3.8) is 0 Å². The number of amides is 1. The Morgan fingerprint density at radius 2 is 0.794 bits per heavy atom. The number of carbonyl (C=O) groups is 2. The molecule has 0 spiro atoms. The SMILES string of the molecule is CC/C=C\C/C=C\C/C=C\C/C=C\C/C=C\C/C=C\CCC(=O)OC(CCC/C=C\C/C=C\C/C=C\C/C=C\C/C=C\CC)CC(=O)NC(CO)C(O)CCCCCCCCCCCCCCC. The third-order valence-electron chi connectivity index (χ3n) is 11.5. The van der Waals surface area contributed by atoms with Crippen molar-refractivity contribution in [2.75, 3.05) is 6.61 Å². The van der Waals surface area contributed by atoms with Crippen LogP contribution in [0.2, 0.25) is 0 Å². The van der Waals surface area contributed by atoms with Crippen molar-refractivity contribution in [3.8, 4) is 0 Å². The molecule has 6 heteroatoms. The molecule has 0 rings (SSSR count). The van der Waals surface area contributed by atoms with E-state index in [1.54, 1.807) is 0 Å². The summed E-state index contributed by atoms with van der Waals surface area (Å²) in [6.07, 6.45) is 76.6. The Kier molecular flexibility index (Phi) is 50.8. The number of aliphatic hydroxyl groups is 2. The molecule has 0 radical (unpaired) electrons. The van der Waals surface area contributed by atoms with E-state index in [4.69, 9.17) is 4.74 Å². The van der Waals surface area contributed by atoms with Crippen molar-refractivity contribution < 1.29 is 24.5 Å². The van der Waals surface area contributed by atoms with Gasteiger partial charge in [-0.15, -0.1) is 0 Å². The highest BCUT2D eigenvalue weighted by Gasteiger charge is 2.23. The van der Waals surface area contributed by atoms with Gasteiger partial charge in [0.05, 0.1) is 25.2 Å². The standard InChI is InChI=1S/C62H101NO5/c1-4-7-10-13-16-19-22-25-27-29-30-32-34-37-40-43-46-49-52-55-62(67)68-58(53-50-47-44-41-38-36-33-31-28-26-23-20-17-14-11-8-5-2)56-61(66)63-59(57-64)60(65)54-51-48-45-42-39-35-24-21-18-15-12-9-6-3/h7-8,10-11,16-17,19-20,25-28,30,32-33,36-37,40-41,44,46,49,58-60,64-65H,4-6,9,12-15,18,21-24,29,31,34-35,38-39,42-43,45,47-48,50-57H2,1-3H3,(H,63,66)/b10-7-,11-8-,19-16-,20-17-,27-25-,28-26-,32-30-,36-33-,40-37-,44-41-,49-46-. The lowest BCUT2D eigenvalue weighted by molar-refractivity contribution is -0.150. The average Bonchev–Trinajstić information content (AvgIpc) is 3.33. The Bertz CT molecular complexity index is 1470. The summed E-state index contributed by atoms with van der Waals surface area (Å²) in [6.45, 7) is 6.22. The highest BCUT2D eigenvalue weighted by atomic mass is 16.5. The van der Waals surface area contributed by atoms with E-state index in [2.05, 4.69) is 154 Å². The summed E-state index contributed by atoms with van der Waals surface area (Å²) in [5.74, 6) is -0.642. The molecule has 0 aromatic rings. The van der Waals surface area contributed by atoms with Crippen molar-refractivity contribution in [2.24, 2.45) is 0 Å². The minimum absolute atomic E-state index is 0.000717. The maximum Gasteiger partial charge on any atom is 0.306 e. The maximum atomic E-state index is 13.2. The van der Waals surface area contributed by atoms with Crippen LogP contribution in [0.4, 0.5) is 0 Å². The first-order valence-electron chi connectivity index (χ1n) is 27.4. The molecule has 0 aliphatic carbocycles. The molecule has 1 amide bonds. The first kappa shape index (κ1) is 64.0. The zero-order chi connectivity index (χ0) is 49.5. The largest absolute Gasteiger partial charge is 0.462 e. The van der Waals surface area contributed by atoms with Crippen LogP contribution in [0.15, 0.2) is 134 Å². The van der Waals surface area contributed by atoms with Crippen molar-refractivity contribution in [1.29, 1.82) is 0 Å². The molecule has 0 aliphatic rings. The van der Waals surface area contributed by atoms with Crippen LogP contribution in [0.3, 0.4) is 0 Å². The molecule has 384 valence electrons. The highest BCUT2D eigenvalue weighted by Crippen LogP contribution is 2.16. The number of rotatable bonds is 47. The third-order valence-corrected chi connectivity index (χ3v) is 11.5. The monoisotopic (exact) mass is 940 g/mol. The summed E-state index contributed by atoms with van der Waals surface area (Å²) >= 11 is 0. The minimum Gasteiger partial charge on any atom is -0.462 e. The van der Waals surface area contributed by atoms with Gasteiger partial charge in [0.2, 0.25) is 5.91 Å². The number of hydrogen-bond donors (Lipinski definition) is 3. The van der Waals surface area contributed by atoms with Crippen molar-refractivity contribution >= 4 is 11.9 Å². The van der Waals surface area contributed by atoms with Gasteiger partial charge in [-0.1, -0.05) is 238 Å². The van der Waals surface area contributed by atoms with Gasteiger partial charge in [-0.3, -0.25) is 9.59 Å². The molecule has 68 heavy (non-hydrogen) atoms. The van der Waals surface area contributed by atoms with E-state index in [-0.39, 0.29) is 31.3 Å². The van der Waals surface area contributed by atoms with Crippen LogP contribution < -0.4 is 5.32 Å². The van der Waals surface area contributed by atoms with Gasteiger partial charge in [-0.2, -0.15) is 0 Å². The number of aliphatic hydroxyl groups excluding tert-OH is 2. The molecule has 0 saturated heterocycles. The fourth-order valence-corrected chi connectivity index (χ4v) is 7.43. The van der Waals surface area contributed by atoms with E-state index in [0.29, 0.717) is 19.3 Å². The summed E-state index contributed by atoms with van der Waals surface area (Å²) in [5.41, 5.74) is 0. The summed E-state index contributed by atoms with van der Waals surface area (Å²) in [6, 6.07) is -0.745. The fraction of sp³-hybridized carbons (Fsp3) is 0.613. The molecule has 0 heterocycles. The van der Waals surface area contributed by atoms with E-state index in [0.717, 1.165) is 103 Å². The topological polar surface area (TPSA) is 95.9 Å². The second-order valence-corrected chi connectivity index (χ2v) is 17.9. The van der Waals surface area contributed by atoms with E-state index >= 15 is 0 Å². The Hall–Kier alpha value is -4.00. The van der Waals surface area contributed by atoms with Gasteiger partial charge >= 0.3 is 5.97 Å². The molecule has 0 aromatic carbocycles. The molecule has 6 nitrogen and oxygen atoms in total. The van der Waals surface area contributed by atoms with Crippen LogP contribution in [0.5, 0.6) is 0 Å². The molecular formula is C62H101NO5. The molecule has 3 N–H and O–H groups in total. The van der Waals surface area contributed by atoms with Gasteiger partial charge in [0.1, 0.15) is 6.10 Å². The number of hydrogen-bond acceptors (Lipinski definition) is 5. The van der Waals surface area contributed by atoms with Crippen molar-refractivity contribution in [1.82, 2.24) is 5.32 Å². The number of unbranched alkanes of at least 4 members (excludes halogenated alkanes) is 13. The highest BCUT2D eigenvalue weighted by molar-refractivity contribution is 5.77. The smallest absolute Gasteiger partial charge is 0.306 e. The molecular weight excluding hydrogens is 839 g/mol. The molecule has 3 atom stereocenters. The summed E-state index contributed by atoms with van der Waals surface area (Å²) in [7, 11) is 0. The van der Waals surface area contributed by atoms with Crippen LogP contribution in [0.1, 0.15) is 220 Å². The zero-order valence-electron chi connectivity index (χ0n) is 43.7. The second kappa shape index (κ2) is 53.9. The molecule has 0 aliphatic heterocycles. The molecule has 3 unspecified atom stereocenters. The number of allylic oxidation sites excluding steroid dienone is 22. The molecule has 0 saturated carbocycles. The fourth-order valence-electron chi connectivity index (χ4n) is 7.43. The lowest BCUT2D eigenvalue weighted by atomic mass is 10.0. The molecule has 0 bridgehead atoms. The summed E-state index contributed by atoms with van der Waals surface area (Å²) < 4.78 is 5.88. The van der Waals surface area contributed by atoms with Gasteiger partial charge in [-0.25, -0.2) is 0 Å². The number of esters is 1. The van der Waals surface area contributed by atoms with E-state index < -0.39 is 18.2 Å². The van der Waals surface area contributed by atoms with Crippen LogP contribution in [-0.4, -0.2) is 46.9 Å². The summed E-state index contributed by atoms with van der Waals surface area (Å²) in [5, 5.41) is 23.8. The van der Waals surface area contributed by atoms with Crippen molar-refractivity contribution in [3.05, 3.63) is 134 Å². The Labute approximate surface area is 418 Å². The van der Waals surface area contributed by atoms with Gasteiger partial charge < -0.3 is 20.3 Å². The van der Waals surface area contributed by atoms with Gasteiger partial charge in [0, 0.05) is 6.42 Å². The van der Waals surface area contributed by atoms with Crippen LogP contribution in [0, 0.1) is 0 Å². The Balaban J connectivity index is 4.83. The van der Waals surface area contributed by atoms with Crippen molar-refractivity contribution in [2.45, 2.75) is 238 Å². The molecule has 0 aromatic heterocycles.